The van der Waals surface area contributed by atoms with Gasteiger partial charge in [0.15, 0.2) is 11.2 Å². The average molecular weight is 203 g/mol. The van der Waals surface area contributed by atoms with E-state index in [1.807, 2.05) is 0 Å². The van der Waals surface area contributed by atoms with Crippen molar-refractivity contribution in [3.63, 3.8) is 0 Å². The van der Waals surface area contributed by atoms with Crippen LogP contribution in [0.4, 0.5) is 0 Å². The van der Waals surface area contributed by atoms with Crippen molar-refractivity contribution >= 4 is 17.5 Å². The minimum absolute atomic E-state index is 0.0582. The number of nitrogens with one attached hydrogen (secondary N) is 2. The first kappa shape index (κ1) is 9.53. The number of aromatic nitrogens is 2. The molecule has 0 aliphatic carbocycles. The lowest BCUT2D eigenvalue weighted by atomic mass is 10.4. The maximum absolute atomic E-state index is 11.1. The maximum atomic E-state index is 11.1. The Hall–Kier alpha value is -1.56. The standard InChI is InChI=1S/C6H7ClN4O2/c1-9-6(12)4-5(8)11(13)2-3(7)10-4/h2,8,13H,1H3,(H,9,12). The molecule has 0 saturated heterocycles. The fourth-order valence-corrected chi connectivity index (χ4v) is 0.916. The molecule has 0 spiro atoms. The van der Waals surface area contributed by atoms with Gasteiger partial charge in [-0.25, -0.2) is 4.98 Å². The quantitative estimate of drug-likeness (QED) is 0.542. The van der Waals surface area contributed by atoms with Gasteiger partial charge in [-0.15, -0.1) is 0 Å². The van der Waals surface area contributed by atoms with Crippen LogP contribution in [0.3, 0.4) is 0 Å². The first-order chi connectivity index (χ1) is 6.06. The molecule has 1 aromatic rings. The van der Waals surface area contributed by atoms with Crippen LogP contribution < -0.4 is 10.8 Å². The highest BCUT2D eigenvalue weighted by atomic mass is 35.5. The molecule has 1 rings (SSSR count). The number of carbonyl (C=O) groups is 1. The summed E-state index contributed by atoms with van der Waals surface area (Å²) in [7, 11) is 1.39. The van der Waals surface area contributed by atoms with Crippen molar-refractivity contribution in [1.82, 2.24) is 15.0 Å². The number of amides is 1. The summed E-state index contributed by atoms with van der Waals surface area (Å²) in [5, 5.41) is 18.5. The molecular formula is C6H7ClN4O2. The van der Waals surface area contributed by atoms with Crippen LogP contribution in [0.2, 0.25) is 5.15 Å². The Kier molecular flexibility index (Phi) is 2.52. The van der Waals surface area contributed by atoms with Gasteiger partial charge in [0.25, 0.3) is 5.91 Å². The van der Waals surface area contributed by atoms with E-state index in [1.165, 1.54) is 7.05 Å². The van der Waals surface area contributed by atoms with E-state index in [0.29, 0.717) is 4.73 Å². The van der Waals surface area contributed by atoms with E-state index in [-0.39, 0.29) is 10.8 Å². The zero-order chi connectivity index (χ0) is 10.0. The lowest BCUT2D eigenvalue weighted by Gasteiger charge is -2.02. The topological polar surface area (TPSA) is 91.0 Å². The second-order valence-electron chi connectivity index (χ2n) is 2.18. The third kappa shape index (κ3) is 1.78. The molecule has 0 aliphatic rings. The normalized spacial score (nSPS) is 9.69. The van der Waals surface area contributed by atoms with Gasteiger partial charge >= 0.3 is 0 Å². The van der Waals surface area contributed by atoms with E-state index in [2.05, 4.69) is 10.3 Å². The molecule has 3 N–H and O–H groups in total. The molecular weight excluding hydrogens is 196 g/mol. The minimum Gasteiger partial charge on any atom is -0.427 e. The van der Waals surface area contributed by atoms with E-state index < -0.39 is 11.4 Å². The summed E-state index contributed by atoms with van der Waals surface area (Å²) in [4.78, 5) is 14.7. The molecule has 0 atom stereocenters. The number of carbonyl (C=O) groups excluding carboxylic acids is 1. The smallest absolute Gasteiger partial charge is 0.273 e. The molecule has 0 aromatic carbocycles. The van der Waals surface area contributed by atoms with Gasteiger partial charge in [0.2, 0.25) is 0 Å². The zero-order valence-corrected chi connectivity index (χ0v) is 7.46. The van der Waals surface area contributed by atoms with Crippen LogP contribution in [0, 0.1) is 5.41 Å². The predicted octanol–water partition coefficient (Wildman–Crippen LogP) is -0.387. The second-order valence-corrected chi connectivity index (χ2v) is 2.57. The van der Waals surface area contributed by atoms with Crippen molar-refractivity contribution in [1.29, 1.82) is 5.41 Å². The van der Waals surface area contributed by atoms with Crippen LogP contribution in [0.1, 0.15) is 10.5 Å². The van der Waals surface area contributed by atoms with Crippen molar-refractivity contribution in [2.75, 3.05) is 7.05 Å². The molecule has 0 bridgehead atoms. The van der Waals surface area contributed by atoms with E-state index in [1.54, 1.807) is 0 Å². The predicted molar refractivity (Wildman–Crippen MR) is 43.7 cm³/mol. The summed E-state index contributed by atoms with van der Waals surface area (Å²) in [6.07, 6.45) is 1.02. The molecule has 7 heteroatoms. The van der Waals surface area contributed by atoms with Gasteiger partial charge in [0.1, 0.15) is 5.15 Å². The Labute approximate surface area is 78.3 Å². The van der Waals surface area contributed by atoms with Gasteiger partial charge in [0.05, 0.1) is 6.20 Å². The van der Waals surface area contributed by atoms with E-state index >= 15 is 0 Å². The summed E-state index contributed by atoms with van der Waals surface area (Å²) < 4.78 is 0.430. The van der Waals surface area contributed by atoms with Crippen LogP contribution in [0.15, 0.2) is 6.20 Å². The molecule has 0 fully saturated rings. The van der Waals surface area contributed by atoms with Gasteiger partial charge in [0, 0.05) is 7.05 Å². The third-order valence-corrected chi connectivity index (χ3v) is 1.53. The van der Waals surface area contributed by atoms with Crippen LogP contribution in [0.25, 0.3) is 0 Å². The molecule has 1 heterocycles. The third-order valence-electron chi connectivity index (χ3n) is 1.34. The summed E-state index contributed by atoms with van der Waals surface area (Å²) in [5.74, 6) is -0.574. The lowest BCUT2D eigenvalue weighted by molar-refractivity contribution is 0.0945. The number of rotatable bonds is 1. The van der Waals surface area contributed by atoms with Crippen LogP contribution in [-0.2, 0) is 0 Å². The average Bonchev–Trinajstić information content (AvgIpc) is 2.10. The van der Waals surface area contributed by atoms with Crippen molar-refractivity contribution in [3.8, 4) is 0 Å². The summed E-state index contributed by atoms with van der Waals surface area (Å²) >= 11 is 5.47. The fraction of sp³-hybridized carbons (Fsp3) is 0.167. The van der Waals surface area contributed by atoms with Crippen LogP contribution >= 0.6 is 11.6 Å². The number of halogens is 1. The molecule has 6 nitrogen and oxygen atoms in total. The Bertz CT molecular complexity index is 400. The van der Waals surface area contributed by atoms with Crippen molar-refractivity contribution in [2.24, 2.45) is 0 Å². The number of hydrogen-bond donors (Lipinski definition) is 3. The lowest BCUT2D eigenvalue weighted by Crippen LogP contribution is -2.32. The minimum atomic E-state index is -0.574. The van der Waals surface area contributed by atoms with Crippen LogP contribution in [0.5, 0.6) is 0 Å². The summed E-state index contributed by atoms with van der Waals surface area (Å²) in [5.41, 5.74) is -0.638. The zero-order valence-electron chi connectivity index (χ0n) is 6.71. The molecule has 1 amide bonds. The Morgan fingerprint density at radius 1 is 1.85 bits per heavy atom. The maximum Gasteiger partial charge on any atom is 0.273 e. The van der Waals surface area contributed by atoms with Crippen molar-refractivity contribution in [3.05, 3.63) is 22.5 Å². The van der Waals surface area contributed by atoms with Gasteiger partial charge in [-0.2, -0.15) is 4.73 Å². The molecule has 0 saturated carbocycles. The van der Waals surface area contributed by atoms with Crippen LogP contribution in [-0.4, -0.2) is 27.9 Å². The second kappa shape index (κ2) is 3.44. The molecule has 1 aromatic heterocycles. The van der Waals surface area contributed by atoms with E-state index in [4.69, 9.17) is 22.2 Å². The van der Waals surface area contributed by atoms with Gasteiger partial charge in [-0.3, -0.25) is 10.2 Å². The Morgan fingerprint density at radius 3 is 3.00 bits per heavy atom. The SMILES string of the molecule is CNC(=O)c1nc(Cl)cn(O)c1=N. The molecule has 13 heavy (non-hydrogen) atoms. The highest BCUT2D eigenvalue weighted by molar-refractivity contribution is 6.29. The van der Waals surface area contributed by atoms with E-state index in [0.717, 1.165) is 6.20 Å². The van der Waals surface area contributed by atoms with Crippen molar-refractivity contribution < 1.29 is 10.0 Å². The largest absolute Gasteiger partial charge is 0.427 e. The Morgan fingerprint density at radius 2 is 2.46 bits per heavy atom. The first-order valence-corrected chi connectivity index (χ1v) is 3.69. The number of nitrogens with zero attached hydrogens (tertiary/aromatic N) is 2. The van der Waals surface area contributed by atoms with Gasteiger partial charge in [-0.1, -0.05) is 11.6 Å². The van der Waals surface area contributed by atoms with E-state index in [9.17, 15) is 4.79 Å². The Balaban J connectivity index is 3.37. The molecule has 0 aliphatic heterocycles. The molecule has 0 radical (unpaired) electrons. The first-order valence-electron chi connectivity index (χ1n) is 3.31. The fourth-order valence-electron chi connectivity index (χ4n) is 0.739. The highest BCUT2D eigenvalue weighted by Crippen LogP contribution is 2.00. The molecule has 70 valence electrons. The summed E-state index contributed by atoms with van der Waals surface area (Å²) in [6, 6.07) is 0. The van der Waals surface area contributed by atoms with Gasteiger partial charge < -0.3 is 10.5 Å². The highest BCUT2D eigenvalue weighted by Gasteiger charge is 2.11. The molecule has 0 unspecified atom stereocenters. The van der Waals surface area contributed by atoms with Crippen molar-refractivity contribution in [2.45, 2.75) is 0 Å². The monoisotopic (exact) mass is 202 g/mol. The van der Waals surface area contributed by atoms with Gasteiger partial charge in [-0.05, 0) is 0 Å². The summed E-state index contributed by atoms with van der Waals surface area (Å²) in [6.45, 7) is 0. The number of hydrogen-bond acceptors (Lipinski definition) is 4.